The Morgan fingerprint density at radius 3 is 2.42 bits per heavy atom. The fraction of sp³-hybridized carbons (Fsp3) is 0.391. The van der Waals surface area contributed by atoms with E-state index in [0.29, 0.717) is 48.1 Å². The van der Waals surface area contributed by atoms with Gasteiger partial charge in [0, 0.05) is 47.8 Å². The minimum Gasteiger partial charge on any atom is -0.326 e. The van der Waals surface area contributed by atoms with E-state index in [2.05, 4.69) is 21.2 Å². The molecule has 1 saturated heterocycles. The Balaban J connectivity index is 1.47. The lowest BCUT2D eigenvalue weighted by Crippen LogP contribution is -2.41. The quantitative estimate of drug-likeness (QED) is 0.626. The minimum atomic E-state index is -3.81. The fourth-order valence-corrected chi connectivity index (χ4v) is 6.85. The summed E-state index contributed by atoms with van der Waals surface area (Å²) < 4.78 is 41.7. The van der Waals surface area contributed by atoms with Gasteiger partial charge in [-0.3, -0.25) is 9.59 Å². The summed E-state index contributed by atoms with van der Waals surface area (Å²) in [7, 11) is -3.81. The Morgan fingerprint density at radius 2 is 1.79 bits per heavy atom. The highest BCUT2D eigenvalue weighted by molar-refractivity contribution is 9.10. The van der Waals surface area contributed by atoms with Crippen molar-refractivity contribution >= 4 is 49.1 Å². The van der Waals surface area contributed by atoms with Gasteiger partial charge in [-0.15, -0.1) is 0 Å². The van der Waals surface area contributed by atoms with Crippen LogP contribution in [0.1, 0.15) is 31.7 Å². The molecule has 0 atom stereocenters. The van der Waals surface area contributed by atoms with Crippen LogP contribution in [0.4, 0.5) is 15.8 Å². The summed E-state index contributed by atoms with van der Waals surface area (Å²) in [6, 6.07) is 8.90. The molecule has 0 saturated carbocycles. The zero-order chi connectivity index (χ0) is 23.8. The molecule has 2 amide bonds. The second kappa shape index (κ2) is 9.52. The summed E-state index contributed by atoms with van der Waals surface area (Å²) in [6.07, 6.45) is 1.81. The number of sulfonamides is 1. The zero-order valence-corrected chi connectivity index (χ0v) is 20.6. The number of carbonyl (C=O) groups is 2. The average Bonchev–Trinajstić information content (AvgIpc) is 3.22. The summed E-state index contributed by atoms with van der Waals surface area (Å²) in [5.41, 5.74) is 2.10. The molecule has 2 aromatic carbocycles. The molecule has 7 nitrogen and oxygen atoms in total. The van der Waals surface area contributed by atoms with E-state index in [4.69, 9.17) is 0 Å². The summed E-state index contributed by atoms with van der Waals surface area (Å²) >= 11 is 3.40. The van der Waals surface area contributed by atoms with Gasteiger partial charge in [-0.2, -0.15) is 4.31 Å². The van der Waals surface area contributed by atoms with Crippen LogP contribution in [-0.4, -0.2) is 44.2 Å². The van der Waals surface area contributed by atoms with Gasteiger partial charge in [0.2, 0.25) is 21.8 Å². The third-order valence-electron chi connectivity index (χ3n) is 6.19. The van der Waals surface area contributed by atoms with Crippen LogP contribution >= 0.6 is 15.9 Å². The average molecular weight is 538 g/mol. The number of fused-ring (bicyclic) bond motifs is 1. The molecule has 0 aromatic heterocycles. The standard InChI is InChI=1S/C23H25BrFN3O4S/c1-2-22(29)28-12-9-16-13-19(24)21(14-20(16)28)33(31,32)27-10-7-15(8-11-27)23(30)26-18-5-3-17(25)4-6-18/h3-6,13-15H,2,7-12H2,1H3,(H,26,30). The number of nitrogens with zero attached hydrogens (tertiary/aromatic N) is 2. The molecule has 2 aromatic rings. The Bertz CT molecular complexity index is 1180. The van der Waals surface area contributed by atoms with Gasteiger partial charge in [0.1, 0.15) is 5.82 Å². The summed E-state index contributed by atoms with van der Waals surface area (Å²) in [6.45, 7) is 2.76. The molecule has 0 unspecified atom stereocenters. The lowest BCUT2D eigenvalue weighted by atomic mass is 9.97. The molecule has 0 spiro atoms. The zero-order valence-electron chi connectivity index (χ0n) is 18.2. The van der Waals surface area contributed by atoms with Crippen LogP contribution in [-0.2, 0) is 26.0 Å². The molecule has 1 fully saturated rings. The van der Waals surface area contributed by atoms with Gasteiger partial charge in [0.25, 0.3) is 0 Å². The van der Waals surface area contributed by atoms with Crippen LogP contribution < -0.4 is 10.2 Å². The number of carbonyl (C=O) groups excluding carboxylic acids is 2. The van der Waals surface area contributed by atoms with Gasteiger partial charge in [-0.25, -0.2) is 12.8 Å². The SMILES string of the molecule is CCC(=O)N1CCc2cc(Br)c(S(=O)(=O)N3CCC(C(=O)Nc4ccc(F)cc4)CC3)cc21. The van der Waals surface area contributed by atoms with E-state index in [9.17, 15) is 22.4 Å². The van der Waals surface area contributed by atoms with Crippen molar-refractivity contribution in [3.8, 4) is 0 Å². The Labute approximate surface area is 201 Å². The molecule has 10 heteroatoms. The highest BCUT2D eigenvalue weighted by Crippen LogP contribution is 2.37. The van der Waals surface area contributed by atoms with Gasteiger partial charge < -0.3 is 10.2 Å². The van der Waals surface area contributed by atoms with Crippen molar-refractivity contribution in [1.82, 2.24) is 4.31 Å². The molecule has 0 radical (unpaired) electrons. The van der Waals surface area contributed by atoms with Gasteiger partial charge >= 0.3 is 0 Å². The van der Waals surface area contributed by atoms with Crippen molar-refractivity contribution in [3.63, 3.8) is 0 Å². The van der Waals surface area contributed by atoms with E-state index in [1.807, 2.05) is 0 Å². The van der Waals surface area contributed by atoms with Crippen molar-refractivity contribution in [1.29, 1.82) is 0 Å². The maximum Gasteiger partial charge on any atom is 0.244 e. The fourth-order valence-electron chi connectivity index (χ4n) is 4.31. The first-order valence-electron chi connectivity index (χ1n) is 10.9. The van der Waals surface area contributed by atoms with Gasteiger partial charge in [0.05, 0.1) is 4.90 Å². The van der Waals surface area contributed by atoms with Crippen molar-refractivity contribution in [2.75, 3.05) is 29.9 Å². The molecule has 0 bridgehead atoms. The lowest BCUT2D eigenvalue weighted by molar-refractivity contribution is -0.121. The summed E-state index contributed by atoms with van der Waals surface area (Å²) in [5.74, 6) is -0.951. The second-order valence-corrected chi connectivity index (χ2v) is 11.0. The normalized spacial score (nSPS) is 17.1. The monoisotopic (exact) mass is 537 g/mol. The third-order valence-corrected chi connectivity index (χ3v) is 9.04. The lowest BCUT2D eigenvalue weighted by Gasteiger charge is -2.31. The number of halogens is 2. The Morgan fingerprint density at radius 1 is 1.12 bits per heavy atom. The maximum atomic E-state index is 13.4. The van der Waals surface area contributed by atoms with E-state index < -0.39 is 10.0 Å². The van der Waals surface area contributed by atoms with E-state index >= 15 is 0 Å². The highest BCUT2D eigenvalue weighted by Gasteiger charge is 2.35. The van der Waals surface area contributed by atoms with Crippen LogP contribution in [0, 0.1) is 11.7 Å². The number of piperidine rings is 1. The molecule has 1 N–H and O–H groups in total. The molecule has 176 valence electrons. The van der Waals surface area contributed by atoms with Crippen LogP contribution in [0.25, 0.3) is 0 Å². The molecule has 2 aliphatic heterocycles. The predicted octanol–water partition coefficient (Wildman–Crippen LogP) is 3.93. The van der Waals surface area contributed by atoms with E-state index in [-0.39, 0.29) is 41.5 Å². The van der Waals surface area contributed by atoms with Crippen LogP contribution in [0.15, 0.2) is 45.8 Å². The molecular weight excluding hydrogens is 513 g/mol. The number of hydrogen-bond donors (Lipinski definition) is 1. The minimum absolute atomic E-state index is 0.0348. The largest absolute Gasteiger partial charge is 0.326 e. The molecular formula is C23H25BrFN3O4S. The Kier molecular flexibility index (Phi) is 6.88. The number of nitrogens with one attached hydrogen (secondary N) is 1. The van der Waals surface area contributed by atoms with Crippen molar-refractivity contribution < 1.29 is 22.4 Å². The number of benzene rings is 2. The molecule has 2 heterocycles. The third kappa shape index (κ3) is 4.83. The number of amides is 2. The summed E-state index contributed by atoms with van der Waals surface area (Å²) in [4.78, 5) is 26.6. The van der Waals surface area contributed by atoms with Gasteiger partial charge in [-0.05, 0) is 77.2 Å². The number of rotatable bonds is 5. The maximum absolute atomic E-state index is 13.4. The van der Waals surface area contributed by atoms with Crippen LogP contribution in [0.2, 0.25) is 0 Å². The van der Waals surface area contributed by atoms with Crippen LogP contribution in [0.3, 0.4) is 0 Å². The van der Waals surface area contributed by atoms with Crippen molar-refractivity contribution in [3.05, 3.63) is 52.3 Å². The van der Waals surface area contributed by atoms with Crippen molar-refractivity contribution in [2.45, 2.75) is 37.5 Å². The first kappa shape index (κ1) is 23.8. The predicted molar refractivity (Wildman–Crippen MR) is 127 cm³/mol. The number of hydrogen-bond acceptors (Lipinski definition) is 4. The van der Waals surface area contributed by atoms with Gasteiger partial charge in [0.15, 0.2) is 0 Å². The first-order valence-corrected chi connectivity index (χ1v) is 13.1. The number of anilines is 2. The molecule has 0 aliphatic carbocycles. The summed E-state index contributed by atoms with van der Waals surface area (Å²) in [5, 5.41) is 2.76. The van der Waals surface area contributed by atoms with E-state index in [1.165, 1.54) is 28.6 Å². The van der Waals surface area contributed by atoms with Crippen LogP contribution in [0.5, 0.6) is 0 Å². The molecule has 33 heavy (non-hydrogen) atoms. The van der Waals surface area contributed by atoms with Gasteiger partial charge in [-0.1, -0.05) is 6.92 Å². The van der Waals surface area contributed by atoms with E-state index in [0.717, 1.165) is 5.56 Å². The van der Waals surface area contributed by atoms with E-state index in [1.54, 1.807) is 24.0 Å². The second-order valence-electron chi connectivity index (χ2n) is 8.23. The molecule has 4 rings (SSSR count). The smallest absolute Gasteiger partial charge is 0.244 e. The molecule has 2 aliphatic rings. The van der Waals surface area contributed by atoms with Crippen molar-refractivity contribution in [2.24, 2.45) is 5.92 Å². The Hall–Kier alpha value is -2.30. The first-order chi connectivity index (χ1) is 15.7. The topological polar surface area (TPSA) is 86.8 Å². The highest BCUT2D eigenvalue weighted by atomic mass is 79.9.